The summed E-state index contributed by atoms with van der Waals surface area (Å²) in [7, 11) is 2.04. The van der Waals surface area contributed by atoms with Crippen LogP contribution in [0, 0.1) is 25.7 Å². The van der Waals surface area contributed by atoms with Crippen LogP contribution in [0.25, 0.3) is 0 Å². The van der Waals surface area contributed by atoms with Crippen LogP contribution in [0.4, 0.5) is 0 Å². The molecule has 2 rings (SSSR count). The molecule has 1 N–H and O–H groups in total. The fraction of sp³-hybridized carbons (Fsp3) is 0.667. The van der Waals surface area contributed by atoms with Gasteiger partial charge in [-0.25, -0.2) is 0 Å². The number of nitrogens with one attached hydrogen (secondary N) is 1. The van der Waals surface area contributed by atoms with E-state index < -0.39 is 0 Å². The third kappa shape index (κ3) is 1.59. The molecule has 0 radical (unpaired) electrons. The Morgan fingerprint density at radius 1 is 1.50 bits per heavy atom. The van der Waals surface area contributed by atoms with Crippen molar-refractivity contribution in [3.05, 3.63) is 23.2 Å². The predicted molar refractivity (Wildman–Crippen MR) is 57.3 cm³/mol. The quantitative estimate of drug-likeness (QED) is 0.798. The van der Waals surface area contributed by atoms with Crippen LogP contribution in [0.15, 0.2) is 10.5 Å². The first kappa shape index (κ1) is 9.78. The van der Waals surface area contributed by atoms with Crippen molar-refractivity contribution in [2.45, 2.75) is 33.2 Å². The zero-order valence-electron chi connectivity index (χ0n) is 9.42. The van der Waals surface area contributed by atoms with Gasteiger partial charge in [-0.3, -0.25) is 0 Å². The van der Waals surface area contributed by atoms with Gasteiger partial charge in [-0.2, -0.15) is 0 Å². The minimum Gasteiger partial charge on any atom is -0.466 e. The fourth-order valence-electron chi connectivity index (χ4n) is 2.37. The summed E-state index contributed by atoms with van der Waals surface area (Å²) in [6.07, 6.45) is 1.34. The maximum absolute atomic E-state index is 5.57. The molecule has 0 spiro atoms. The molecule has 0 aromatic carbocycles. The Hall–Kier alpha value is -0.760. The lowest BCUT2D eigenvalue weighted by molar-refractivity contribution is 0.468. The molecule has 1 aromatic heterocycles. The zero-order valence-corrected chi connectivity index (χ0v) is 9.42. The SMILES string of the molecule is CNC(c1cc(C)oc1C)C1CC1C. The van der Waals surface area contributed by atoms with Crippen LogP contribution < -0.4 is 5.32 Å². The van der Waals surface area contributed by atoms with E-state index in [2.05, 4.69) is 25.2 Å². The number of rotatable bonds is 3. The van der Waals surface area contributed by atoms with Gasteiger partial charge in [0, 0.05) is 11.6 Å². The first-order valence-corrected chi connectivity index (χ1v) is 5.37. The highest BCUT2D eigenvalue weighted by Gasteiger charge is 2.40. The Bertz CT molecular complexity index is 329. The van der Waals surface area contributed by atoms with Gasteiger partial charge in [0.1, 0.15) is 11.5 Å². The Kier molecular flexibility index (Phi) is 2.40. The van der Waals surface area contributed by atoms with Crippen molar-refractivity contribution in [2.75, 3.05) is 7.05 Å². The summed E-state index contributed by atoms with van der Waals surface area (Å²) >= 11 is 0. The molecule has 78 valence electrons. The smallest absolute Gasteiger partial charge is 0.105 e. The van der Waals surface area contributed by atoms with Crippen LogP contribution in [0.1, 0.15) is 36.5 Å². The van der Waals surface area contributed by atoms with Crippen molar-refractivity contribution in [2.24, 2.45) is 11.8 Å². The Morgan fingerprint density at radius 2 is 2.14 bits per heavy atom. The zero-order chi connectivity index (χ0) is 10.3. The molecule has 3 unspecified atom stereocenters. The predicted octanol–water partition coefficient (Wildman–Crippen LogP) is 2.81. The summed E-state index contributed by atoms with van der Waals surface area (Å²) in [6, 6.07) is 2.66. The molecule has 1 heterocycles. The van der Waals surface area contributed by atoms with Crippen LogP contribution in [-0.2, 0) is 0 Å². The normalized spacial score (nSPS) is 27.7. The van der Waals surface area contributed by atoms with E-state index in [1.807, 2.05) is 14.0 Å². The van der Waals surface area contributed by atoms with Crippen molar-refractivity contribution in [3.8, 4) is 0 Å². The molecule has 1 aliphatic carbocycles. The standard InChI is InChI=1S/C12H19NO/c1-7-5-10(7)12(13-4)11-6-8(2)14-9(11)3/h6-7,10,12-13H,5H2,1-4H3. The van der Waals surface area contributed by atoms with Gasteiger partial charge in [-0.05, 0) is 45.2 Å². The van der Waals surface area contributed by atoms with Gasteiger partial charge in [0.2, 0.25) is 0 Å². The van der Waals surface area contributed by atoms with E-state index in [1.54, 1.807) is 0 Å². The molecule has 3 atom stereocenters. The average molecular weight is 193 g/mol. The minimum absolute atomic E-state index is 0.488. The van der Waals surface area contributed by atoms with E-state index in [4.69, 9.17) is 4.42 Å². The highest BCUT2D eigenvalue weighted by atomic mass is 16.3. The van der Waals surface area contributed by atoms with Crippen LogP contribution in [0.5, 0.6) is 0 Å². The van der Waals surface area contributed by atoms with Crippen LogP contribution >= 0.6 is 0 Å². The third-order valence-corrected chi connectivity index (χ3v) is 3.33. The maximum atomic E-state index is 5.57. The number of hydrogen-bond acceptors (Lipinski definition) is 2. The van der Waals surface area contributed by atoms with Gasteiger partial charge in [0.25, 0.3) is 0 Å². The lowest BCUT2D eigenvalue weighted by atomic mass is 10.0. The van der Waals surface area contributed by atoms with Crippen molar-refractivity contribution in [1.82, 2.24) is 5.32 Å². The summed E-state index contributed by atoms with van der Waals surface area (Å²) < 4.78 is 5.57. The highest BCUT2D eigenvalue weighted by molar-refractivity contribution is 5.26. The van der Waals surface area contributed by atoms with E-state index in [0.29, 0.717) is 6.04 Å². The molecule has 14 heavy (non-hydrogen) atoms. The third-order valence-electron chi connectivity index (χ3n) is 3.33. The molecule has 1 saturated carbocycles. The van der Waals surface area contributed by atoms with Crippen molar-refractivity contribution < 1.29 is 4.42 Å². The summed E-state index contributed by atoms with van der Waals surface area (Å²) in [5.74, 6) is 3.75. The van der Waals surface area contributed by atoms with Crippen LogP contribution in [-0.4, -0.2) is 7.05 Å². The maximum Gasteiger partial charge on any atom is 0.105 e. The number of hydrogen-bond donors (Lipinski definition) is 1. The fourth-order valence-corrected chi connectivity index (χ4v) is 2.37. The molecule has 1 aromatic rings. The lowest BCUT2D eigenvalue weighted by Gasteiger charge is -2.14. The summed E-state index contributed by atoms with van der Waals surface area (Å²) in [6.45, 7) is 6.39. The monoisotopic (exact) mass is 193 g/mol. The van der Waals surface area contributed by atoms with E-state index in [1.165, 1.54) is 12.0 Å². The van der Waals surface area contributed by atoms with E-state index in [9.17, 15) is 0 Å². The molecule has 2 heteroatoms. The van der Waals surface area contributed by atoms with E-state index in [-0.39, 0.29) is 0 Å². The average Bonchev–Trinajstić information content (AvgIpc) is 2.72. The van der Waals surface area contributed by atoms with Crippen molar-refractivity contribution >= 4 is 0 Å². The summed E-state index contributed by atoms with van der Waals surface area (Å²) in [5.41, 5.74) is 1.35. The summed E-state index contributed by atoms with van der Waals surface area (Å²) in [4.78, 5) is 0. The molecule has 2 nitrogen and oxygen atoms in total. The van der Waals surface area contributed by atoms with Crippen molar-refractivity contribution in [3.63, 3.8) is 0 Å². The van der Waals surface area contributed by atoms with E-state index >= 15 is 0 Å². The Balaban J connectivity index is 2.23. The molecular weight excluding hydrogens is 174 g/mol. The van der Waals surface area contributed by atoms with Crippen molar-refractivity contribution in [1.29, 1.82) is 0 Å². The Morgan fingerprint density at radius 3 is 2.50 bits per heavy atom. The first-order valence-electron chi connectivity index (χ1n) is 5.37. The van der Waals surface area contributed by atoms with Gasteiger partial charge in [0.05, 0.1) is 0 Å². The molecular formula is C12H19NO. The van der Waals surface area contributed by atoms with Gasteiger partial charge < -0.3 is 9.73 Å². The first-order chi connectivity index (χ1) is 6.63. The molecule has 0 bridgehead atoms. The van der Waals surface area contributed by atoms with Crippen LogP contribution in [0.2, 0.25) is 0 Å². The molecule has 1 fully saturated rings. The molecule has 0 saturated heterocycles. The van der Waals surface area contributed by atoms with Gasteiger partial charge in [-0.15, -0.1) is 0 Å². The minimum atomic E-state index is 0.488. The van der Waals surface area contributed by atoms with Gasteiger partial charge >= 0.3 is 0 Å². The largest absolute Gasteiger partial charge is 0.466 e. The van der Waals surface area contributed by atoms with Crippen LogP contribution in [0.3, 0.4) is 0 Å². The topological polar surface area (TPSA) is 25.2 Å². The number of aryl methyl sites for hydroxylation is 2. The summed E-state index contributed by atoms with van der Waals surface area (Å²) in [5, 5.41) is 3.40. The Labute approximate surface area is 85.7 Å². The number of furan rings is 1. The molecule has 0 amide bonds. The van der Waals surface area contributed by atoms with Gasteiger partial charge in [0.15, 0.2) is 0 Å². The second-order valence-corrected chi connectivity index (χ2v) is 4.51. The lowest BCUT2D eigenvalue weighted by Crippen LogP contribution is -2.19. The van der Waals surface area contributed by atoms with Gasteiger partial charge in [-0.1, -0.05) is 6.92 Å². The second-order valence-electron chi connectivity index (χ2n) is 4.51. The highest BCUT2D eigenvalue weighted by Crippen LogP contribution is 2.47. The molecule has 1 aliphatic rings. The molecule has 0 aliphatic heterocycles. The second kappa shape index (κ2) is 3.43. The van der Waals surface area contributed by atoms with E-state index in [0.717, 1.165) is 23.4 Å².